The van der Waals surface area contributed by atoms with Gasteiger partial charge in [0.05, 0.1) is 23.0 Å². The molecule has 6 rings (SSSR count). The van der Waals surface area contributed by atoms with Gasteiger partial charge < -0.3 is 19.3 Å². The number of amides is 1. The van der Waals surface area contributed by atoms with E-state index in [9.17, 15) is 14.0 Å². The van der Waals surface area contributed by atoms with Crippen molar-refractivity contribution in [2.75, 3.05) is 19.6 Å². The zero-order valence-corrected chi connectivity index (χ0v) is 25.4. The maximum absolute atomic E-state index is 14.5. The number of carbonyl (C=O) groups is 2. The largest absolute Gasteiger partial charge is 0.369 e. The maximum atomic E-state index is 14.5. The van der Waals surface area contributed by atoms with Crippen molar-refractivity contribution in [2.45, 2.75) is 90.4 Å². The van der Waals surface area contributed by atoms with Crippen LogP contribution in [0.1, 0.15) is 82.7 Å². The molecule has 0 radical (unpaired) electrons. The number of benzene rings is 1. The van der Waals surface area contributed by atoms with Crippen molar-refractivity contribution in [3.63, 3.8) is 0 Å². The first-order valence-corrected chi connectivity index (χ1v) is 14.8. The molecule has 0 saturated carbocycles. The van der Waals surface area contributed by atoms with Crippen LogP contribution in [-0.4, -0.2) is 64.4 Å². The first kappa shape index (κ1) is 29.2. The Morgan fingerprint density at radius 3 is 2.56 bits per heavy atom. The zero-order chi connectivity index (χ0) is 29.9. The number of nitrogens with zero attached hydrogens (tertiary/aromatic N) is 3. The Hall–Kier alpha value is -3.32. The van der Waals surface area contributed by atoms with Crippen LogP contribution in [0.25, 0.3) is 17.3 Å². The van der Waals surface area contributed by atoms with Crippen molar-refractivity contribution in [1.82, 2.24) is 14.8 Å². The van der Waals surface area contributed by atoms with Crippen LogP contribution in [0.4, 0.5) is 4.39 Å². The summed E-state index contributed by atoms with van der Waals surface area (Å²) < 4.78 is 20.4. The lowest BCUT2D eigenvalue weighted by atomic mass is 9.73. The minimum absolute atomic E-state index is 0.0617. The van der Waals surface area contributed by atoms with Crippen LogP contribution in [0, 0.1) is 12.7 Å². The third-order valence-electron chi connectivity index (χ3n) is 9.07. The predicted molar refractivity (Wildman–Crippen MR) is 160 cm³/mol. The van der Waals surface area contributed by atoms with E-state index in [1.165, 1.54) is 0 Å². The van der Waals surface area contributed by atoms with Gasteiger partial charge in [0.2, 0.25) is 0 Å². The normalized spacial score (nSPS) is 26.6. The fraction of sp³-hybridized carbons (Fsp3) is 0.500. The Morgan fingerprint density at radius 1 is 1.20 bits per heavy atom. The second kappa shape index (κ2) is 10.5. The molecule has 0 bridgehead atoms. The number of halogens is 1. The zero-order valence-electron chi connectivity index (χ0n) is 25.4. The number of fused-ring (bicyclic) bond motifs is 5. The molecular weight excluding hydrogens is 517 g/mol. The van der Waals surface area contributed by atoms with Gasteiger partial charge in [0.25, 0.3) is 5.91 Å². The third-order valence-corrected chi connectivity index (χ3v) is 9.07. The van der Waals surface area contributed by atoms with Crippen LogP contribution >= 0.6 is 0 Å². The summed E-state index contributed by atoms with van der Waals surface area (Å²) in [4.78, 5) is 34.3. The van der Waals surface area contributed by atoms with Crippen molar-refractivity contribution in [3.8, 4) is 11.3 Å². The van der Waals surface area contributed by atoms with E-state index in [4.69, 9.17) is 9.72 Å². The summed E-state index contributed by atoms with van der Waals surface area (Å²) in [6, 6.07) is 7.31. The number of rotatable bonds is 4. The van der Waals surface area contributed by atoms with E-state index in [0.717, 1.165) is 46.4 Å². The topological polar surface area (TPSA) is 62.7 Å². The molecule has 41 heavy (non-hydrogen) atoms. The molecule has 1 aromatic heterocycles. The standard InChI is InChI=1S/C32H36FN3O3.C2H6/c1-18-7-8-20(13-24(18)33)25-15-23(31(3,4)5)28-26(34-25)14-22-29(28)32(6)17-35(11-12-36(32)30(22)38)19(2)27-10-9-21(16-37)39-27;1-2/h7-8,13-16,21,27,29H,2,9-12,17H2,1,3-6H3;1-2H3. The first-order valence-electron chi connectivity index (χ1n) is 14.8. The predicted octanol–water partition coefficient (Wildman–Crippen LogP) is 6.18. The summed E-state index contributed by atoms with van der Waals surface area (Å²) in [7, 11) is 0. The van der Waals surface area contributed by atoms with Crippen molar-refractivity contribution in [2.24, 2.45) is 0 Å². The van der Waals surface area contributed by atoms with Gasteiger partial charge in [0.1, 0.15) is 18.2 Å². The van der Waals surface area contributed by atoms with Crippen molar-refractivity contribution in [1.29, 1.82) is 0 Å². The number of ether oxygens (including phenoxy) is 1. The van der Waals surface area contributed by atoms with Gasteiger partial charge in [0.15, 0.2) is 0 Å². The van der Waals surface area contributed by atoms with E-state index < -0.39 is 5.54 Å². The molecule has 4 heterocycles. The number of pyridine rings is 1. The lowest BCUT2D eigenvalue weighted by Gasteiger charge is -2.49. The number of hydrogen-bond acceptors (Lipinski definition) is 5. The maximum Gasteiger partial charge on any atom is 0.251 e. The van der Waals surface area contributed by atoms with Crippen LogP contribution in [0.5, 0.6) is 0 Å². The van der Waals surface area contributed by atoms with Gasteiger partial charge in [-0.1, -0.05) is 53.3 Å². The highest BCUT2D eigenvalue weighted by Crippen LogP contribution is 2.55. The fourth-order valence-electron chi connectivity index (χ4n) is 6.95. The SMILES string of the molecule is C=C(C1CCC(C=O)O1)N1CCN2C(=O)C3=Cc4nc(-c5ccc(C)c(F)c5)cc(C(C)(C)C)c4C3C2(C)C1.CC. The van der Waals surface area contributed by atoms with E-state index in [1.807, 2.05) is 30.9 Å². The van der Waals surface area contributed by atoms with Crippen molar-refractivity contribution >= 4 is 18.3 Å². The van der Waals surface area contributed by atoms with E-state index in [-0.39, 0.29) is 35.3 Å². The van der Waals surface area contributed by atoms with E-state index >= 15 is 0 Å². The van der Waals surface area contributed by atoms with Gasteiger partial charge >= 0.3 is 0 Å². The summed E-state index contributed by atoms with van der Waals surface area (Å²) in [5.41, 5.74) is 6.01. The van der Waals surface area contributed by atoms with Gasteiger partial charge in [-0.05, 0) is 67.0 Å². The van der Waals surface area contributed by atoms with Crippen LogP contribution < -0.4 is 0 Å². The Balaban J connectivity index is 0.00000165. The summed E-state index contributed by atoms with van der Waals surface area (Å²) in [5, 5.41) is 0. The summed E-state index contributed by atoms with van der Waals surface area (Å²) in [6.45, 7) is 20.7. The number of aryl methyl sites for hydroxylation is 1. The van der Waals surface area contributed by atoms with Crippen molar-refractivity contribution < 1.29 is 18.7 Å². The molecule has 1 amide bonds. The summed E-state index contributed by atoms with van der Waals surface area (Å²) in [5.74, 6) is -0.325. The van der Waals surface area contributed by atoms with E-state index in [1.54, 1.807) is 19.1 Å². The smallest absolute Gasteiger partial charge is 0.251 e. The molecule has 4 unspecified atom stereocenters. The molecule has 3 aliphatic heterocycles. The Labute approximate surface area is 243 Å². The molecule has 4 aliphatic rings. The number of aromatic nitrogens is 1. The molecule has 6 nitrogen and oxygen atoms in total. The van der Waals surface area contributed by atoms with E-state index in [2.05, 4.69) is 45.2 Å². The van der Waals surface area contributed by atoms with Crippen LogP contribution in [0.3, 0.4) is 0 Å². The molecule has 218 valence electrons. The monoisotopic (exact) mass is 559 g/mol. The molecule has 4 atom stereocenters. The summed E-state index contributed by atoms with van der Waals surface area (Å²) >= 11 is 0. The molecule has 0 spiro atoms. The van der Waals surface area contributed by atoms with Gasteiger partial charge in [-0.15, -0.1) is 0 Å². The molecule has 0 N–H and O–H groups in total. The second-order valence-corrected chi connectivity index (χ2v) is 12.7. The third kappa shape index (κ3) is 4.72. The highest BCUT2D eigenvalue weighted by Gasteiger charge is 2.59. The number of aldehydes is 1. The minimum Gasteiger partial charge on any atom is -0.369 e. The van der Waals surface area contributed by atoms with Crippen molar-refractivity contribution in [3.05, 3.63) is 70.3 Å². The second-order valence-electron chi connectivity index (χ2n) is 12.7. The Morgan fingerprint density at radius 2 is 1.93 bits per heavy atom. The van der Waals surface area contributed by atoms with Gasteiger partial charge in [-0.2, -0.15) is 0 Å². The molecule has 3 saturated heterocycles. The van der Waals surface area contributed by atoms with Gasteiger partial charge in [-0.3, -0.25) is 4.79 Å². The quantitative estimate of drug-likeness (QED) is 0.419. The molecule has 2 aromatic rings. The average Bonchev–Trinajstić information content (AvgIpc) is 3.63. The van der Waals surface area contributed by atoms with E-state index in [0.29, 0.717) is 37.3 Å². The fourth-order valence-corrected chi connectivity index (χ4v) is 6.95. The highest BCUT2D eigenvalue weighted by atomic mass is 19.1. The molecule has 1 aliphatic carbocycles. The van der Waals surface area contributed by atoms with Gasteiger partial charge in [0, 0.05) is 42.4 Å². The van der Waals surface area contributed by atoms with Gasteiger partial charge in [-0.25, -0.2) is 9.37 Å². The lowest BCUT2D eigenvalue weighted by molar-refractivity contribution is -0.131. The average molecular weight is 560 g/mol. The number of hydrogen-bond donors (Lipinski definition) is 0. The Kier molecular flexibility index (Phi) is 7.48. The van der Waals surface area contributed by atoms with Crippen LogP contribution in [-0.2, 0) is 19.7 Å². The first-order chi connectivity index (χ1) is 19.4. The molecule has 7 heteroatoms. The Bertz CT molecular complexity index is 1440. The van der Waals surface area contributed by atoms with Crippen LogP contribution in [0.15, 0.2) is 42.1 Å². The number of carbonyl (C=O) groups excluding carboxylic acids is 2. The molecular formula is C34H42FN3O3. The number of piperazine rings is 1. The molecule has 1 aromatic carbocycles. The van der Waals surface area contributed by atoms with Crippen LogP contribution in [0.2, 0.25) is 0 Å². The minimum atomic E-state index is -0.489. The highest BCUT2D eigenvalue weighted by molar-refractivity contribution is 6.06. The lowest BCUT2D eigenvalue weighted by Crippen LogP contribution is -2.60. The summed E-state index contributed by atoms with van der Waals surface area (Å²) in [6.07, 6.45) is 3.76. The molecule has 3 fully saturated rings.